The van der Waals surface area contributed by atoms with Gasteiger partial charge < -0.3 is 5.11 Å². The number of halogens is 3. The Hall–Kier alpha value is 0.490. The molecule has 0 aliphatic carbocycles. The smallest absolute Gasteiger partial charge is 0.0693 e. The Morgan fingerprint density at radius 2 is 2.00 bits per heavy atom. The average Bonchev–Trinajstić information content (AvgIpc) is 1.96. The van der Waals surface area contributed by atoms with Crippen LogP contribution in [0.15, 0.2) is 12.1 Å². The second-order valence-electron chi connectivity index (χ2n) is 2.02. The van der Waals surface area contributed by atoms with Gasteiger partial charge in [0.2, 0.25) is 0 Å². The Morgan fingerprint density at radius 1 is 1.36 bits per heavy atom. The van der Waals surface area contributed by atoms with Crippen molar-refractivity contribution >= 4 is 45.8 Å². The third kappa shape index (κ3) is 2.21. The van der Waals surface area contributed by atoms with Gasteiger partial charge in [-0.2, -0.15) is 0 Å². The SMILES string of the molecule is OCc1cc(Cl)cc(Cl)c1I. The van der Waals surface area contributed by atoms with Crippen LogP contribution in [0.2, 0.25) is 10.0 Å². The Kier molecular flexibility index (Phi) is 3.43. The van der Waals surface area contributed by atoms with Crippen molar-refractivity contribution in [2.75, 3.05) is 0 Å². The van der Waals surface area contributed by atoms with Gasteiger partial charge in [0.15, 0.2) is 0 Å². The van der Waals surface area contributed by atoms with E-state index in [0.29, 0.717) is 10.0 Å². The lowest BCUT2D eigenvalue weighted by Crippen LogP contribution is -1.88. The van der Waals surface area contributed by atoms with Crippen molar-refractivity contribution in [3.05, 3.63) is 31.3 Å². The van der Waals surface area contributed by atoms with Gasteiger partial charge in [0.1, 0.15) is 0 Å². The number of hydrogen-bond acceptors (Lipinski definition) is 1. The molecule has 11 heavy (non-hydrogen) atoms. The number of rotatable bonds is 1. The lowest BCUT2D eigenvalue weighted by molar-refractivity contribution is 0.281. The fourth-order valence-corrected chi connectivity index (χ4v) is 1.74. The molecule has 1 nitrogen and oxygen atoms in total. The van der Waals surface area contributed by atoms with E-state index < -0.39 is 0 Å². The Bertz CT molecular complexity index is 275. The second kappa shape index (κ2) is 3.94. The molecule has 1 aromatic carbocycles. The zero-order valence-electron chi connectivity index (χ0n) is 5.44. The lowest BCUT2D eigenvalue weighted by atomic mass is 10.2. The summed E-state index contributed by atoms with van der Waals surface area (Å²) < 4.78 is 0.858. The highest BCUT2D eigenvalue weighted by Gasteiger charge is 2.04. The van der Waals surface area contributed by atoms with Crippen LogP contribution in [0.5, 0.6) is 0 Å². The molecule has 0 atom stereocenters. The number of hydrogen-bond donors (Lipinski definition) is 1. The summed E-state index contributed by atoms with van der Waals surface area (Å²) >= 11 is 13.6. The van der Waals surface area contributed by atoms with Crippen molar-refractivity contribution in [2.24, 2.45) is 0 Å². The molecule has 4 heteroatoms. The summed E-state index contributed by atoms with van der Waals surface area (Å²) in [6.45, 7) is -0.0292. The minimum atomic E-state index is -0.0292. The van der Waals surface area contributed by atoms with Crippen LogP contribution in [0.25, 0.3) is 0 Å². The van der Waals surface area contributed by atoms with Crippen molar-refractivity contribution < 1.29 is 5.11 Å². The fraction of sp³-hybridized carbons (Fsp3) is 0.143. The molecule has 0 unspecified atom stereocenters. The Morgan fingerprint density at radius 3 is 2.55 bits per heavy atom. The van der Waals surface area contributed by atoms with E-state index in [1.807, 2.05) is 0 Å². The molecule has 0 aliphatic heterocycles. The molecular weight excluding hydrogens is 298 g/mol. The molecule has 0 spiro atoms. The highest BCUT2D eigenvalue weighted by atomic mass is 127. The van der Waals surface area contributed by atoms with Crippen molar-refractivity contribution in [2.45, 2.75) is 6.61 Å². The summed E-state index contributed by atoms with van der Waals surface area (Å²) in [7, 11) is 0. The van der Waals surface area contributed by atoms with Crippen LogP contribution in [0.4, 0.5) is 0 Å². The zero-order valence-corrected chi connectivity index (χ0v) is 9.11. The quantitative estimate of drug-likeness (QED) is 0.624. The Labute approximate surface area is 88.5 Å². The molecule has 0 amide bonds. The van der Waals surface area contributed by atoms with Crippen LogP contribution < -0.4 is 0 Å². The maximum Gasteiger partial charge on any atom is 0.0693 e. The number of aliphatic hydroxyl groups excluding tert-OH is 1. The van der Waals surface area contributed by atoms with E-state index in [4.69, 9.17) is 28.3 Å². The molecule has 60 valence electrons. The standard InChI is InChI=1S/C7H5Cl2IO/c8-5-1-4(3-11)7(10)6(9)2-5/h1-2,11H,3H2. The van der Waals surface area contributed by atoms with Gasteiger partial charge in [0.25, 0.3) is 0 Å². The minimum Gasteiger partial charge on any atom is -0.392 e. The van der Waals surface area contributed by atoms with Gasteiger partial charge >= 0.3 is 0 Å². The summed E-state index contributed by atoms with van der Waals surface area (Å²) in [6.07, 6.45) is 0. The fourth-order valence-electron chi connectivity index (χ4n) is 0.724. The molecule has 0 radical (unpaired) electrons. The predicted molar refractivity (Wildman–Crippen MR) is 55.1 cm³/mol. The molecule has 0 aromatic heterocycles. The molecular formula is C7H5Cl2IO. The van der Waals surface area contributed by atoms with Crippen LogP contribution in [-0.4, -0.2) is 5.11 Å². The van der Waals surface area contributed by atoms with Crippen LogP contribution in [-0.2, 0) is 6.61 Å². The predicted octanol–water partition coefficient (Wildman–Crippen LogP) is 3.09. The van der Waals surface area contributed by atoms with E-state index in [1.165, 1.54) is 0 Å². The summed E-state index contributed by atoms with van der Waals surface area (Å²) in [6, 6.07) is 3.36. The van der Waals surface area contributed by atoms with Crippen LogP contribution in [0.1, 0.15) is 5.56 Å². The molecule has 0 saturated carbocycles. The molecule has 0 fully saturated rings. The molecule has 1 aromatic rings. The van der Waals surface area contributed by atoms with Crippen molar-refractivity contribution in [3.8, 4) is 0 Å². The highest BCUT2D eigenvalue weighted by Crippen LogP contribution is 2.26. The molecule has 0 aliphatic rings. The Balaban J connectivity index is 3.24. The summed E-state index contributed by atoms with van der Waals surface area (Å²) in [4.78, 5) is 0. The van der Waals surface area contributed by atoms with Crippen LogP contribution >= 0.6 is 45.8 Å². The third-order valence-corrected chi connectivity index (χ3v) is 3.35. The van der Waals surface area contributed by atoms with E-state index in [9.17, 15) is 0 Å². The average molecular weight is 303 g/mol. The maximum absolute atomic E-state index is 8.85. The maximum atomic E-state index is 8.85. The number of aliphatic hydroxyl groups is 1. The van der Waals surface area contributed by atoms with Crippen LogP contribution in [0.3, 0.4) is 0 Å². The molecule has 1 N–H and O–H groups in total. The van der Waals surface area contributed by atoms with Gasteiger partial charge in [-0.1, -0.05) is 23.2 Å². The summed E-state index contributed by atoms with van der Waals surface area (Å²) in [5.74, 6) is 0. The van der Waals surface area contributed by atoms with Crippen LogP contribution in [0, 0.1) is 3.57 Å². The van der Waals surface area contributed by atoms with Crippen molar-refractivity contribution in [3.63, 3.8) is 0 Å². The van der Waals surface area contributed by atoms with Gasteiger partial charge in [-0.15, -0.1) is 0 Å². The van der Waals surface area contributed by atoms with Gasteiger partial charge in [0, 0.05) is 8.59 Å². The van der Waals surface area contributed by atoms with E-state index in [-0.39, 0.29) is 6.61 Å². The highest BCUT2D eigenvalue weighted by molar-refractivity contribution is 14.1. The molecule has 1 rings (SSSR count). The topological polar surface area (TPSA) is 20.2 Å². The second-order valence-corrected chi connectivity index (χ2v) is 3.94. The normalized spacial score (nSPS) is 10.2. The van der Waals surface area contributed by atoms with E-state index in [2.05, 4.69) is 22.6 Å². The molecule has 0 bridgehead atoms. The molecule has 0 saturated heterocycles. The van der Waals surface area contributed by atoms with Crippen molar-refractivity contribution in [1.29, 1.82) is 0 Å². The van der Waals surface area contributed by atoms with E-state index >= 15 is 0 Å². The first-order chi connectivity index (χ1) is 5.15. The zero-order chi connectivity index (χ0) is 8.43. The summed E-state index contributed by atoms with van der Waals surface area (Å²) in [5, 5.41) is 9.99. The van der Waals surface area contributed by atoms with Gasteiger partial charge in [-0.25, -0.2) is 0 Å². The third-order valence-electron chi connectivity index (χ3n) is 1.24. The first-order valence-corrected chi connectivity index (χ1v) is 4.73. The van der Waals surface area contributed by atoms with Gasteiger partial charge in [-0.05, 0) is 40.3 Å². The lowest BCUT2D eigenvalue weighted by Gasteiger charge is -2.02. The molecule has 0 heterocycles. The van der Waals surface area contributed by atoms with E-state index in [1.54, 1.807) is 12.1 Å². The van der Waals surface area contributed by atoms with Gasteiger partial charge in [0.05, 0.1) is 11.6 Å². The van der Waals surface area contributed by atoms with E-state index in [0.717, 1.165) is 9.13 Å². The first-order valence-electron chi connectivity index (χ1n) is 2.89. The minimum absolute atomic E-state index is 0.0292. The van der Waals surface area contributed by atoms with Gasteiger partial charge in [-0.3, -0.25) is 0 Å². The van der Waals surface area contributed by atoms with Crippen molar-refractivity contribution in [1.82, 2.24) is 0 Å². The first kappa shape index (κ1) is 9.58. The largest absolute Gasteiger partial charge is 0.392 e. The monoisotopic (exact) mass is 302 g/mol. The number of benzene rings is 1. The summed E-state index contributed by atoms with van der Waals surface area (Å²) in [5.41, 5.74) is 0.767.